The lowest BCUT2D eigenvalue weighted by molar-refractivity contribution is -0.137. The van der Waals surface area contributed by atoms with Crippen molar-refractivity contribution in [3.05, 3.63) is 48.0 Å². The van der Waals surface area contributed by atoms with Crippen LogP contribution in [0.2, 0.25) is 0 Å². The predicted octanol–water partition coefficient (Wildman–Crippen LogP) is -1.71. The summed E-state index contributed by atoms with van der Waals surface area (Å²) in [6.45, 7) is -0.693. The lowest BCUT2D eigenvalue weighted by Gasteiger charge is -2.19. The first kappa shape index (κ1) is 30.7. The Morgan fingerprint density at radius 2 is 1.36 bits per heavy atom. The fraction of sp³-hybridized carbons (Fsp3) is 0.423. The molecule has 7 amide bonds. The molecule has 1 aromatic carbocycles. The molecular weight excluding hydrogens is 508 g/mol. The smallest absolute Gasteiger partial charge is 0.253 e. The van der Waals surface area contributed by atoms with Gasteiger partial charge in [0.05, 0.1) is 19.6 Å². The summed E-state index contributed by atoms with van der Waals surface area (Å²) < 4.78 is 0. The van der Waals surface area contributed by atoms with Gasteiger partial charge in [-0.3, -0.25) is 38.5 Å². The zero-order valence-corrected chi connectivity index (χ0v) is 21.8. The van der Waals surface area contributed by atoms with Gasteiger partial charge in [-0.05, 0) is 18.4 Å². The third kappa shape index (κ3) is 11.6. The van der Waals surface area contributed by atoms with Gasteiger partial charge in [0.1, 0.15) is 6.04 Å². The second-order valence-electron chi connectivity index (χ2n) is 8.73. The molecule has 0 unspecified atom stereocenters. The van der Waals surface area contributed by atoms with Crippen LogP contribution in [0.4, 0.5) is 0 Å². The largest absolute Gasteiger partial charge is 0.358 e. The average Bonchev–Trinajstić information content (AvgIpc) is 3.25. The molecule has 1 heterocycles. The molecule has 0 saturated heterocycles. The predicted molar refractivity (Wildman–Crippen MR) is 140 cm³/mol. The van der Waals surface area contributed by atoms with Crippen LogP contribution in [-0.4, -0.2) is 85.5 Å². The van der Waals surface area contributed by atoms with Crippen molar-refractivity contribution in [2.75, 3.05) is 33.2 Å². The summed E-state index contributed by atoms with van der Waals surface area (Å²) >= 11 is 0. The first-order valence-electron chi connectivity index (χ1n) is 12.6. The van der Waals surface area contributed by atoms with Crippen molar-refractivity contribution in [1.29, 1.82) is 0 Å². The third-order valence-electron chi connectivity index (χ3n) is 5.71. The minimum Gasteiger partial charge on any atom is -0.358 e. The van der Waals surface area contributed by atoms with E-state index in [1.807, 2.05) is 6.07 Å². The van der Waals surface area contributed by atoms with Gasteiger partial charge in [-0.15, -0.1) is 0 Å². The van der Waals surface area contributed by atoms with Crippen LogP contribution in [0.3, 0.4) is 0 Å². The average molecular weight is 543 g/mol. The molecule has 1 atom stereocenters. The monoisotopic (exact) mass is 542 g/mol. The van der Waals surface area contributed by atoms with Crippen LogP contribution in [0.25, 0.3) is 0 Å². The molecule has 13 nitrogen and oxygen atoms in total. The van der Waals surface area contributed by atoms with E-state index in [4.69, 9.17) is 0 Å². The number of carbonyl (C=O) groups is 7. The number of amides is 7. The highest BCUT2D eigenvalue weighted by atomic mass is 16.2. The van der Waals surface area contributed by atoms with E-state index in [0.29, 0.717) is 25.8 Å². The van der Waals surface area contributed by atoms with Crippen molar-refractivity contribution < 1.29 is 33.6 Å². The number of unbranched alkanes of at least 4 members (excludes halogenated alkanes) is 2. The maximum atomic E-state index is 12.6. The summed E-state index contributed by atoms with van der Waals surface area (Å²) in [5.74, 6) is -3.17. The van der Waals surface area contributed by atoms with Crippen LogP contribution < -0.4 is 26.6 Å². The molecule has 1 aliphatic heterocycles. The molecule has 1 aromatic rings. The number of hydrogen-bond acceptors (Lipinski definition) is 7. The van der Waals surface area contributed by atoms with E-state index in [0.717, 1.165) is 10.5 Å². The Kier molecular flexibility index (Phi) is 12.8. The number of likely N-dealkylation sites (N-methyl/N-ethyl adjacent to an activating group) is 1. The summed E-state index contributed by atoms with van der Waals surface area (Å²) in [5.41, 5.74) is 0.791. The number of carbonyl (C=O) groups excluding carboxylic acids is 7. The normalized spacial score (nSPS) is 13.0. The Morgan fingerprint density at radius 1 is 0.744 bits per heavy atom. The highest BCUT2D eigenvalue weighted by Crippen LogP contribution is 2.07. The quantitative estimate of drug-likeness (QED) is 0.122. The minimum absolute atomic E-state index is 0.167. The van der Waals surface area contributed by atoms with Gasteiger partial charge in [-0.25, -0.2) is 0 Å². The Morgan fingerprint density at radius 3 is 2.03 bits per heavy atom. The van der Waals surface area contributed by atoms with Crippen LogP contribution in [0.1, 0.15) is 31.2 Å². The number of benzene rings is 1. The molecule has 0 fully saturated rings. The Hall–Kier alpha value is -4.55. The topological polar surface area (TPSA) is 183 Å². The molecule has 39 heavy (non-hydrogen) atoms. The standard InChI is InChI=1S/C26H34N6O7/c1-27-21(34)15-30-26(39)19(14-18-8-4-2-5-9-18)31-23(36)17-29-22(35)16-28-20(33)10-6-3-7-13-32-24(37)11-12-25(32)38/h2,4-5,8-9,11-12,19H,3,6-7,10,13-17H2,1H3,(H,27,34)(H,28,33)(H,29,35)(H,30,39)(H,31,36)/t19-/m0/s1. The highest BCUT2D eigenvalue weighted by molar-refractivity contribution is 6.12. The van der Waals surface area contributed by atoms with E-state index in [-0.39, 0.29) is 43.7 Å². The highest BCUT2D eigenvalue weighted by Gasteiger charge is 2.23. The van der Waals surface area contributed by atoms with Crippen LogP contribution in [0.5, 0.6) is 0 Å². The second-order valence-corrected chi connectivity index (χ2v) is 8.73. The summed E-state index contributed by atoms with van der Waals surface area (Å²) in [5, 5.41) is 12.3. The van der Waals surface area contributed by atoms with Crippen LogP contribution in [0.15, 0.2) is 42.5 Å². The van der Waals surface area contributed by atoms with Crippen LogP contribution in [0, 0.1) is 0 Å². The van der Waals surface area contributed by atoms with E-state index in [2.05, 4.69) is 26.6 Å². The van der Waals surface area contributed by atoms with Crippen LogP contribution >= 0.6 is 0 Å². The van der Waals surface area contributed by atoms with Crippen LogP contribution in [-0.2, 0) is 40.0 Å². The summed E-state index contributed by atoms with van der Waals surface area (Å²) in [4.78, 5) is 84.5. The molecule has 13 heteroatoms. The van der Waals surface area contributed by atoms with Crippen molar-refractivity contribution in [3.63, 3.8) is 0 Å². The van der Waals surface area contributed by atoms with Gasteiger partial charge in [-0.2, -0.15) is 0 Å². The van der Waals surface area contributed by atoms with Crippen molar-refractivity contribution in [2.24, 2.45) is 0 Å². The summed E-state index contributed by atoms with van der Waals surface area (Å²) in [6, 6.07) is 8.02. The molecule has 2 rings (SSSR count). The molecule has 0 bridgehead atoms. The molecule has 0 spiro atoms. The first-order chi connectivity index (χ1) is 18.7. The Labute approximate surface area is 226 Å². The van der Waals surface area contributed by atoms with Gasteiger partial charge in [0, 0.05) is 38.6 Å². The maximum absolute atomic E-state index is 12.6. The second kappa shape index (κ2) is 16.3. The molecule has 0 aromatic heterocycles. The van der Waals surface area contributed by atoms with E-state index >= 15 is 0 Å². The third-order valence-corrected chi connectivity index (χ3v) is 5.71. The lowest BCUT2D eigenvalue weighted by Crippen LogP contribution is -2.52. The van der Waals surface area contributed by atoms with Gasteiger partial charge in [0.25, 0.3) is 11.8 Å². The van der Waals surface area contributed by atoms with E-state index in [9.17, 15) is 33.6 Å². The van der Waals surface area contributed by atoms with Gasteiger partial charge < -0.3 is 26.6 Å². The Balaban J connectivity index is 1.67. The number of rotatable bonds is 16. The van der Waals surface area contributed by atoms with Crippen molar-refractivity contribution in [2.45, 2.75) is 38.1 Å². The van der Waals surface area contributed by atoms with E-state index in [1.165, 1.54) is 19.2 Å². The maximum Gasteiger partial charge on any atom is 0.253 e. The zero-order valence-electron chi connectivity index (χ0n) is 21.8. The van der Waals surface area contributed by atoms with Crippen molar-refractivity contribution in [1.82, 2.24) is 31.5 Å². The van der Waals surface area contributed by atoms with Crippen molar-refractivity contribution in [3.8, 4) is 0 Å². The Bertz CT molecular complexity index is 1070. The SMILES string of the molecule is CNC(=O)CNC(=O)[C@H](Cc1ccccc1)NC(=O)CNC(=O)CNC(=O)CCCCCN1C(=O)C=CC1=O. The molecule has 0 saturated carbocycles. The fourth-order valence-corrected chi connectivity index (χ4v) is 3.58. The molecule has 0 aliphatic carbocycles. The molecule has 210 valence electrons. The zero-order chi connectivity index (χ0) is 28.6. The fourth-order valence-electron chi connectivity index (χ4n) is 3.58. The molecular formula is C26H34N6O7. The van der Waals surface area contributed by atoms with Gasteiger partial charge in [0.15, 0.2) is 0 Å². The number of nitrogens with one attached hydrogen (secondary N) is 5. The minimum atomic E-state index is -0.973. The number of nitrogens with zero attached hydrogens (tertiary/aromatic N) is 1. The number of hydrogen-bond donors (Lipinski definition) is 5. The molecule has 1 aliphatic rings. The molecule has 5 N–H and O–H groups in total. The summed E-state index contributed by atoms with van der Waals surface area (Å²) in [7, 11) is 1.44. The van der Waals surface area contributed by atoms with Gasteiger partial charge >= 0.3 is 0 Å². The van der Waals surface area contributed by atoms with Crippen molar-refractivity contribution >= 4 is 41.4 Å². The van der Waals surface area contributed by atoms with Gasteiger partial charge in [0.2, 0.25) is 29.5 Å². The van der Waals surface area contributed by atoms with E-state index < -0.39 is 36.2 Å². The first-order valence-corrected chi connectivity index (χ1v) is 12.6. The van der Waals surface area contributed by atoms with Gasteiger partial charge in [-0.1, -0.05) is 36.8 Å². The lowest BCUT2D eigenvalue weighted by atomic mass is 10.1. The van der Waals surface area contributed by atoms with E-state index in [1.54, 1.807) is 24.3 Å². The molecule has 0 radical (unpaired) electrons. The summed E-state index contributed by atoms with van der Waals surface area (Å²) in [6.07, 6.45) is 4.50. The number of imide groups is 1.